The number of amides is 1. The fourth-order valence-electron chi connectivity index (χ4n) is 3.20. The number of nitro benzene ring substituents is 1. The lowest BCUT2D eigenvalue weighted by Crippen LogP contribution is -2.25. The van der Waals surface area contributed by atoms with E-state index in [0.29, 0.717) is 5.69 Å². The number of hydrogen-bond donors (Lipinski definition) is 2. The molecule has 0 aliphatic heterocycles. The predicted molar refractivity (Wildman–Crippen MR) is 117 cm³/mol. The van der Waals surface area contributed by atoms with Crippen molar-refractivity contribution in [3.63, 3.8) is 0 Å². The van der Waals surface area contributed by atoms with E-state index in [1.54, 1.807) is 12.1 Å². The summed E-state index contributed by atoms with van der Waals surface area (Å²) >= 11 is 0. The summed E-state index contributed by atoms with van der Waals surface area (Å²) in [5.74, 6) is -0.707. The number of nitrogens with one attached hydrogen (secondary N) is 2. The lowest BCUT2D eigenvalue weighted by molar-refractivity contribution is -0.384. The number of nitro groups is 1. The Labute approximate surface area is 178 Å². The Morgan fingerprint density at radius 2 is 1.87 bits per heavy atom. The van der Waals surface area contributed by atoms with Gasteiger partial charge in [0.25, 0.3) is 11.6 Å². The van der Waals surface area contributed by atoms with Crippen molar-refractivity contribution in [3.05, 3.63) is 87.0 Å². The minimum absolute atomic E-state index is 0.0178. The minimum Gasteiger partial charge on any atom is -0.376 e. The number of hydrogen-bond acceptors (Lipinski definition) is 5. The van der Waals surface area contributed by atoms with E-state index < -0.39 is 4.92 Å². The van der Waals surface area contributed by atoms with Crippen LogP contribution in [0, 0.1) is 36.7 Å². The first kappa shape index (κ1) is 21.7. The molecule has 9 heteroatoms. The fourth-order valence-corrected chi connectivity index (χ4v) is 3.20. The van der Waals surface area contributed by atoms with Gasteiger partial charge in [0.05, 0.1) is 23.4 Å². The number of hydrazone groups is 1. The van der Waals surface area contributed by atoms with Gasteiger partial charge in [-0.05, 0) is 56.7 Å². The summed E-state index contributed by atoms with van der Waals surface area (Å²) in [5.41, 5.74) is 7.19. The fraction of sp³-hybridized carbons (Fsp3) is 0.182. The van der Waals surface area contributed by atoms with E-state index in [2.05, 4.69) is 15.8 Å². The van der Waals surface area contributed by atoms with Crippen LogP contribution in [0.3, 0.4) is 0 Å². The third-order valence-corrected chi connectivity index (χ3v) is 4.80. The van der Waals surface area contributed by atoms with Crippen molar-refractivity contribution in [2.24, 2.45) is 5.10 Å². The van der Waals surface area contributed by atoms with Gasteiger partial charge in [-0.15, -0.1) is 0 Å². The zero-order chi connectivity index (χ0) is 22.5. The van der Waals surface area contributed by atoms with Gasteiger partial charge in [0.2, 0.25) is 0 Å². The van der Waals surface area contributed by atoms with Crippen molar-refractivity contribution >= 4 is 23.5 Å². The molecule has 1 amide bonds. The van der Waals surface area contributed by atoms with Gasteiger partial charge in [-0.25, -0.2) is 9.82 Å². The number of carbonyl (C=O) groups excluding carboxylic acids is 1. The number of rotatable bonds is 7. The largest absolute Gasteiger partial charge is 0.376 e. The Morgan fingerprint density at radius 3 is 2.55 bits per heavy atom. The Bertz CT molecular complexity index is 1150. The predicted octanol–water partition coefficient (Wildman–Crippen LogP) is 4.01. The van der Waals surface area contributed by atoms with Gasteiger partial charge in [-0.3, -0.25) is 14.9 Å². The second-order valence-corrected chi connectivity index (χ2v) is 7.04. The smallest absolute Gasteiger partial charge is 0.271 e. The molecule has 0 atom stereocenters. The van der Waals surface area contributed by atoms with Gasteiger partial charge in [0.1, 0.15) is 5.82 Å². The highest BCUT2D eigenvalue weighted by Gasteiger charge is 2.15. The average molecular weight is 423 g/mol. The number of non-ortho nitro benzene ring substituents is 1. The summed E-state index contributed by atoms with van der Waals surface area (Å²) in [5, 5.41) is 18.0. The van der Waals surface area contributed by atoms with Crippen LogP contribution in [0.2, 0.25) is 0 Å². The summed E-state index contributed by atoms with van der Waals surface area (Å²) in [6.45, 7) is 5.65. The third-order valence-electron chi connectivity index (χ3n) is 4.80. The molecular weight excluding hydrogens is 401 g/mol. The van der Waals surface area contributed by atoms with Crippen LogP contribution in [0.1, 0.15) is 22.5 Å². The van der Waals surface area contributed by atoms with Crippen LogP contribution in [-0.4, -0.2) is 28.2 Å². The molecule has 0 bridgehead atoms. The summed E-state index contributed by atoms with van der Waals surface area (Å²) in [6.07, 6.45) is 1.53. The molecule has 31 heavy (non-hydrogen) atoms. The second-order valence-electron chi connectivity index (χ2n) is 7.04. The van der Waals surface area contributed by atoms with Crippen molar-refractivity contribution in [3.8, 4) is 5.69 Å². The summed E-state index contributed by atoms with van der Waals surface area (Å²) in [4.78, 5) is 22.7. The van der Waals surface area contributed by atoms with Crippen LogP contribution in [0.25, 0.3) is 5.69 Å². The van der Waals surface area contributed by atoms with Gasteiger partial charge >= 0.3 is 0 Å². The average Bonchev–Trinajstić information content (AvgIpc) is 3.01. The van der Waals surface area contributed by atoms with E-state index in [1.807, 2.05) is 31.4 Å². The van der Waals surface area contributed by atoms with Crippen molar-refractivity contribution < 1.29 is 14.1 Å². The van der Waals surface area contributed by atoms with E-state index >= 15 is 0 Å². The molecule has 2 N–H and O–H groups in total. The molecule has 160 valence electrons. The number of benzene rings is 2. The monoisotopic (exact) mass is 423 g/mol. The Balaban J connectivity index is 1.70. The maximum atomic E-state index is 12.9. The first-order valence-corrected chi connectivity index (χ1v) is 9.52. The molecule has 8 nitrogen and oxygen atoms in total. The molecule has 3 aromatic rings. The van der Waals surface area contributed by atoms with Crippen molar-refractivity contribution in [2.75, 3.05) is 11.9 Å². The zero-order valence-electron chi connectivity index (χ0n) is 17.3. The molecule has 1 aromatic heterocycles. The van der Waals surface area contributed by atoms with E-state index in [4.69, 9.17) is 0 Å². The van der Waals surface area contributed by atoms with Crippen LogP contribution >= 0.6 is 0 Å². The molecule has 0 saturated heterocycles. The molecule has 0 aliphatic rings. The third kappa shape index (κ3) is 5.13. The lowest BCUT2D eigenvalue weighted by atomic mass is 10.1. The van der Waals surface area contributed by atoms with Crippen molar-refractivity contribution in [2.45, 2.75) is 20.8 Å². The first-order valence-electron chi connectivity index (χ1n) is 9.52. The van der Waals surface area contributed by atoms with Crippen LogP contribution in [-0.2, 0) is 4.79 Å². The van der Waals surface area contributed by atoms with E-state index in [-0.39, 0.29) is 24.0 Å². The normalized spacial score (nSPS) is 11.0. The first-order chi connectivity index (χ1) is 14.8. The number of aromatic nitrogens is 1. The molecule has 0 unspecified atom stereocenters. The number of aryl methyl sites for hydroxylation is 2. The molecule has 3 rings (SSSR count). The zero-order valence-corrected chi connectivity index (χ0v) is 17.3. The second kappa shape index (κ2) is 9.21. The Morgan fingerprint density at radius 1 is 1.16 bits per heavy atom. The summed E-state index contributed by atoms with van der Waals surface area (Å²) in [7, 11) is 0. The molecular formula is C22H22FN5O3. The molecule has 0 saturated carbocycles. The van der Waals surface area contributed by atoms with Gasteiger partial charge in [0, 0.05) is 34.8 Å². The molecule has 1 heterocycles. The van der Waals surface area contributed by atoms with Gasteiger partial charge < -0.3 is 9.88 Å². The standard InChI is InChI=1S/C22H22FN5O3/c1-14-4-9-20(28(30)31)11-21(14)27-15(2)10-17(16(27)3)12-25-26-22(29)13-24-19-7-5-18(23)6-8-19/h4-12,24H,13H2,1-3H3,(H,26,29)/b25-12-. The number of carbonyl (C=O) groups is 1. The highest BCUT2D eigenvalue weighted by Crippen LogP contribution is 2.26. The maximum Gasteiger partial charge on any atom is 0.271 e. The number of anilines is 1. The molecule has 2 aromatic carbocycles. The van der Waals surface area contributed by atoms with Crippen LogP contribution in [0.15, 0.2) is 53.6 Å². The topological polar surface area (TPSA) is 102 Å². The van der Waals surface area contributed by atoms with E-state index in [9.17, 15) is 19.3 Å². The quantitative estimate of drug-likeness (QED) is 0.341. The van der Waals surface area contributed by atoms with Gasteiger partial charge in [0.15, 0.2) is 0 Å². The highest BCUT2D eigenvalue weighted by molar-refractivity contribution is 5.85. The maximum absolute atomic E-state index is 12.9. The van der Waals surface area contributed by atoms with Crippen molar-refractivity contribution in [1.82, 2.24) is 9.99 Å². The van der Waals surface area contributed by atoms with Crippen LogP contribution < -0.4 is 10.7 Å². The Hall–Kier alpha value is -4.01. The highest BCUT2D eigenvalue weighted by atomic mass is 19.1. The lowest BCUT2D eigenvalue weighted by Gasteiger charge is -2.12. The van der Waals surface area contributed by atoms with Crippen LogP contribution in [0.5, 0.6) is 0 Å². The number of halogens is 1. The molecule has 0 fully saturated rings. The van der Waals surface area contributed by atoms with E-state index in [1.165, 1.54) is 36.5 Å². The molecule has 0 aliphatic carbocycles. The summed E-state index contributed by atoms with van der Waals surface area (Å²) < 4.78 is 14.8. The Kier molecular flexibility index (Phi) is 6.44. The molecule has 0 radical (unpaired) electrons. The number of nitrogens with zero attached hydrogens (tertiary/aromatic N) is 3. The van der Waals surface area contributed by atoms with Gasteiger partial charge in [-0.1, -0.05) is 6.07 Å². The molecule has 0 spiro atoms. The van der Waals surface area contributed by atoms with Crippen molar-refractivity contribution in [1.29, 1.82) is 0 Å². The van der Waals surface area contributed by atoms with E-state index in [0.717, 1.165) is 28.2 Å². The van der Waals surface area contributed by atoms with Gasteiger partial charge in [-0.2, -0.15) is 5.10 Å². The minimum atomic E-state index is -0.422. The SMILES string of the molecule is Cc1ccc([N+](=O)[O-])cc1-n1c(C)cc(/C=N\NC(=O)CNc2ccc(F)cc2)c1C. The summed E-state index contributed by atoms with van der Waals surface area (Å²) in [6, 6.07) is 12.3. The van der Waals surface area contributed by atoms with Crippen LogP contribution in [0.4, 0.5) is 15.8 Å².